The molecule has 0 bridgehead atoms. The second-order valence-corrected chi connectivity index (χ2v) is 6.47. The van der Waals surface area contributed by atoms with Gasteiger partial charge in [-0.05, 0) is 39.1 Å². The highest BCUT2D eigenvalue weighted by Gasteiger charge is 2.33. The Morgan fingerprint density at radius 2 is 1.78 bits per heavy atom. The van der Waals surface area contributed by atoms with E-state index in [0.717, 1.165) is 6.42 Å². The van der Waals surface area contributed by atoms with Gasteiger partial charge in [0.1, 0.15) is 0 Å². The minimum Gasteiger partial charge on any atom is -0.367 e. The lowest BCUT2D eigenvalue weighted by molar-refractivity contribution is -0.118. The van der Waals surface area contributed by atoms with Crippen molar-refractivity contribution in [2.75, 3.05) is 43.5 Å². The van der Waals surface area contributed by atoms with Crippen LogP contribution in [-0.4, -0.2) is 56.6 Å². The van der Waals surface area contributed by atoms with Gasteiger partial charge in [-0.25, -0.2) is 8.78 Å². The molecule has 2 aliphatic heterocycles. The molecule has 1 amide bonds. The highest BCUT2D eigenvalue weighted by atomic mass is 19.2. The van der Waals surface area contributed by atoms with Gasteiger partial charge in [0.2, 0.25) is 5.91 Å². The summed E-state index contributed by atoms with van der Waals surface area (Å²) in [4.78, 5) is 17.1. The first-order chi connectivity index (χ1) is 10.9. The molecule has 0 unspecified atom stereocenters. The Hall–Kier alpha value is -1.73. The van der Waals surface area contributed by atoms with Crippen molar-refractivity contribution < 1.29 is 13.6 Å². The first-order valence-corrected chi connectivity index (χ1v) is 7.86. The van der Waals surface area contributed by atoms with E-state index in [-0.39, 0.29) is 17.3 Å². The normalized spacial score (nSPS) is 25.0. The lowest BCUT2D eigenvalue weighted by atomic mass is 10.2. The lowest BCUT2D eigenvalue weighted by Gasteiger charge is -2.24. The molecule has 0 spiro atoms. The first kappa shape index (κ1) is 16.1. The van der Waals surface area contributed by atoms with Crippen LogP contribution in [0.15, 0.2) is 12.1 Å². The smallest absolute Gasteiger partial charge is 0.244 e. The molecule has 1 aromatic rings. The van der Waals surface area contributed by atoms with E-state index in [4.69, 9.17) is 5.73 Å². The molecule has 2 heterocycles. The third-order valence-corrected chi connectivity index (χ3v) is 4.81. The third-order valence-electron chi connectivity index (χ3n) is 4.81. The molecule has 126 valence electrons. The monoisotopic (exact) mass is 324 g/mol. The minimum absolute atomic E-state index is 0.0208. The minimum atomic E-state index is -0.974. The van der Waals surface area contributed by atoms with Crippen LogP contribution in [-0.2, 0) is 4.79 Å². The molecule has 2 aliphatic rings. The number of nitrogens with zero attached hydrogens (tertiary/aromatic N) is 3. The molecular weight excluding hydrogens is 302 g/mol. The van der Waals surface area contributed by atoms with Crippen molar-refractivity contribution in [3.05, 3.63) is 23.8 Å². The van der Waals surface area contributed by atoms with Crippen LogP contribution in [0.3, 0.4) is 0 Å². The molecule has 0 aromatic heterocycles. The Kier molecular flexibility index (Phi) is 4.25. The van der Waals surface area contributed by atoms with Crippen molar-refractivity contribution in [2.24, 2.45) is 5.73 Å². The fourth-order valence-electron chi connectivity index (χ4n) is 3.31. The third kappa shape index (κ3) is 2.79. The summed E-state index contributed by atoms with van der Waals surface area (Å²) >= 11 is 0. The lowest BCUT2D eigenvalue weighted by Crippen LogP contribution is -2.35. The molecule has 23 heavy (non-hydrogen) atoms. The second kappa shape index (κ2) is 6.05. The number of benzene rings is 1. The zero-order valence-corrected chi connectivity index (χ0v) is 13.4. The Morgan fingerprint density at radius 3 is 2.35 bits per heavy atom. The summed E-state index contributed by atoms with van der Waals surface area (Å²) in [6.07, 6.45) is 1.37. The van der Waals surface area contributed by atoms with Gasteiger partial charge in [-0.1, -0.05) is 0 Å². The van der Waals surface area contributed by atoms with Gasteiger partial charge in [0.15, 0.2) is 11.6 Å². The van der Waals surface area contributed by atoms with Crippen molar-refractivity contribution in [3.63, 3.8) is 0 Å². The van der Waals surface area contributed by atoms with E-state index < -0.39 is 17.7 Å². The molecule has 0 radical (unpaired) electrons. The molecule has 2 N–H and O–H groups in total. The standard InChI is InChI=1S/C16H22F2N4O/c1-20(2)10-5-7-21(9-10)12-3-4-13(15(18)14(12)17)22-8-6-11(19)16(22)23/h3-4,10-11H,5-9,19H2,1-2H3/t10-,11-/m1/s1. The summed E-state index contributed by atoms with van der Waals surface area (Å²) in [7, 11) is 3.97. The van der Waals surface area contributed by atoms with E-state index >= 15 is 0 Å². The molecule has 2 atom stereocenters. The Balaban J connectivity index is 1.86. The van der Waals surface area contributed by atoms with Crippen LogP contribution in [0.4, 0.5) is 20.2 Å². The summed E-state index contributed by atoms with van der Waals surface area (Å²) in [5.74, 6) is -2.22. The van der Waals surface area contributed by atoms with Gasteiger partial charge in [-0.2, -0.15) is 0 Å². The van der Waals surface area contributed by atoms with Crippen LogP contribution >= 0.6 is 0 Å². The van der Waals surface area contributed by atoms with Gasteiger partial charge in [-0.3, -0.25) is 4.79 Å². The predicted octanol–water partition coefficient (Wildman–Crippen LogP) is 1.17. The Morgan fingerprint density at radius 1 is 1.13 bits per heavy atom. The molecule has 1 aromatic carbocycles. The summed E-state index contributed by atoms with van der Waals surface area (Å²) < 4.78 is 29.0. The molecule has 0 aliphatic carbocycles. The van der Waals surface area contributed by atoms with E-state index in [1.54, 1.807) is 6.07 Å². The van der Waals surface area contributed by atoms with E-state index in [2.05, 4.69) is 4.90 Å². The van der Waals surface area contributed by atoms with Crippen LogP contribution in [0, 0.1) is 11.6 Å². The summed E-state index contributed by atoms with van der Waals surface area (Å²) in [5.41, 5.74) is 5.88. The second-order valence-electron chi connectivity index (χ2n) is 6.47. The number of anilines is 2. The number of halogens is 2. The number of rotatable bonds is 3. The summed E-state index contributed by atoms with van der Waals surface area (Å²) in [6.45, 7) is 1.67. The fourth-order valence-corrected chi connectivity index (χ4v) is 3.31. The van der Waals surface area contributed by atoms with Crippen molar-refractivity contribution >= 4 is 17.3 Å². The highest BCUT2D eigenvalue weighted by molar-refractivity contribution is 5.99. The Bertz CT molecular complexity index is 622. The van der Waals surface area contributed by atoms with E-state index in [9.17, 15) is 13.6 Å². The van der Waals surface area contributed by atoms with E-state index in [1.807, 2.05) is 19.0 Å². The first-order valence-electron chi connectivity index (χ1n) is 7.86. The molecule has 5 nitrogen and oxygen atoms in total. The maximum Gasteiger partial charge on any atom is 0.244 e. The van der Waals surface area contributed by atoms with Crippen LogP contribution in [0.2, 0.25) is 0 Å². The van der Waals surface area contributed by atoms with Crippen LogP contribution < -0.4 is 15.5 Å². The molecular formula is C16H22F2N4O. The average Bonchev–Trinajstić information content (AvgIpc) is 3.11. The zero-order chi connectivity index (χ0) is 16.7. The largest absolute Gasteiger partial charge is 0.367 e. The number of nitrogens with two attached hydrogens (primary N) is 1. The SMILES string of the molecule is CN(C)[C@@H]1CCN(c2ccc(N3CC[C@@H](N)C3=O)c(F)c2F)C1. The molecule has 7 heteroatoms. The predicted molar refractivity (Wildman–Crippen MR) is 85.6 cm³/mol. The van der Waals surface area contributed by atoms with Crippen molar-refractivity contribution in [2.45, 2.75) is 24.9 Å². The van der Waals surface area contributed by atoms with Crippen molar-refractivity contribution in [1.29, 1.82) is 0 Å². The number of carbonyl (C=O) groups excluding carboxylic acids is 1. The quantitative estimate of drug-likeness (QED) is 0.907. The van der Waals surface area contributed by atoms with Gasteiger partial charge >= 0.3 is 0 Å². The number of carbonyl (C=O) groups is 1. The maximum absolute atomic E-state index is 14.5. The van der Waals surface area contributed by atoms with Crippen molar-refractivity contribution in [3.8, 4) is 0 Å². The van der Waals surface area contributed by atoms with Gasteiger partial charge in [0.05, 0.1) is 17.4 Å². The van der Waals surface area contributed by atoms with E-state index in [1.165, 1.54) is 11.0 Å². The molecule has 2 saturated heterocycles. The van der Waals surface area contributed by atoms with Gasteiger partial charge in [0.25, 0.3) is 0 Å². The molecule has 3 rings (SSSR count). The number of hydrogen-bond donors (Lipinski definition) is 1. The van der Waals surface area contributed by atoms with Crippen LogP contribution in [0.5, 0.6) is 0 Å². The van der Waals surface area contributed by atoms with Gasteiger partial charge in [0, 0.05) is 25.7 Å². The van der Waals surface area contributed by atoms with Crippen LogP contribution in [0.1, 0.15) is 12.8 Å². The van der Waals surface area contributed by atoms with Crippen molar-refractivity contribution in [1.82, 2.24) is 4.90 Å². The Labute approximate surface area is 134 Å². The topological polar surface area (TPSA) is 52.8 Å². The molecule has 2 fully saturated rings. The highest BCUT2D eigenvalue weighted by Crippen LogP contribution is 2.33. The number of hydrogen-bond acceptors (Lipinski definition) is 4. The average molecular weight is 324 g/mol. The summed E-state index contributed by atoms with van der Waals surface area (Å²) in [5, 5.41) is 0. The van der Waals surface area contributed by atoms with Gasteiger partial charge < -0.3 is 20.4 Å². The fraction of sp³-hybridized carbons (Fsp3) is 0.562. The summed E-state index contributed by atoms with van der Waals surface area (Å²) in [6, 6.07) is 2.74. The zero-order valence-electron chi connectivity index (χ0n) is 13.4. The van der Waals surface area contributed by atoms with Gasteiger partial charge in [-0.15, -0.1) is 0 Å². The number of amides is 1. The van der Waals surface area contributed by atoms with E-state index in [0.29, 0.717) is 32.1 Å². The number of likely N-dealkylation sites (N-methyl/N-ethyl adjacent to an activating group) is 1. The maximum atomic E-state index is 14.5. The van der Waals surface area contributed by atoms with Crippen LogP contribution in [0.25, 0.3) is 0 Å². The molecule has 0 saturated carbocycles.